The van der Waals surface area contributed by atoms with Crippen LogP contribution in [0.3, 0.4) is 0 Å². The van der Waals surface area contributed by atoms with Crippen molar-refractivity contribution in [1.82, 2.24) is 0 Å². The first-order valence-electron chi connectivity index (χ1n) is 15.2. The van der Waals surface area contributed by atoms with Crippen LogP contribution in [-0.2, 0) is 31.1 Å². The number of rotatable bonds is 8. The smallest absolute Gasteiger partial charge is 0.507 e. The summed E-state index contributed by atoms with van der Waals surface area (Å²) in [7, 11) is 0. The summed E-state index contributed by atoms with van der Waals surface area (Å²) in [6, 6.07) is 8.74. The molecule has 0 bridgehead atoms. The highest BCUT2D eigenvalue weighted by Crippen LogP contribution is 2.51. The molecule has 0 aliphatic rings. The summed E-state index contributed by atoms with van der Waals surface area (Å²) in [5.74, 6) is 1.14. The third-order valence-electron chi connectivity index (χ3n) is 6.91. The number of phenolic OH excluding ortho intramolecular Hbond substituents is 1. The largest absolute Gasteiger partial charge is 0.511 e. The van der Waals surface area contributed by atoms with E-state index < -0.39 is 12.4 Å². The summed E-state index contributed by atoms with van der Waals surface area (Å²) in [5.41, 5.74) is 3.20. The lowest BCUT2D eigenvalue weighted by Crippen LogP contribution is -2.26. The summed E-state index contributed by atoms with van der Waals surface area (Å²) in [5, 5.41) is 11.2. The zero-order valence-electron chi connectivity index (χ0n) is 29.5. The number of hydrogen-bond acceptors (Lipinski definition) is 7. The van der Waals surface area contributed by atoms with Gasteiger partial charge in [0.25, 0.3) is 0 Å². The van der Waals surface area contributed by atoms with Crippen LogP contribution in [0.15, 0.2) is 34.1 Å². The van der Waals surface area contributed by atoms with E-state index in [9.17, 15) is 9.90 Å². The van der Waals surface area contributed by atoms with Gasteiger partial charge in [0.2, 0.25) is 6.29 Å². The molecule has 7 heteroatoms. The standard InChI is InChI=1S/C36H56O5S2/c1-17-39-31(38)41-22(2)40-30-27(34(9,10)11)20-24(21-28(30)35(12,13)14)43-36(15,16)42-23-18-25(32(3,4)5)29(37)26(19-23)33(6,7)8/h18-22,37H,17H2,1-16H3. The maximum Gasteiger partial charge on any atom is 0.511 e. The summed E-state index contributed by atoms with van der Waals surface area (Å²) in [4.78, 5) is 14.3. The lowest BCUT2D eigenvalue weighted by molar-refractivity contribution is -0.0532. The summed E-state index contributed by atoms with van der Waals surface area (Å²) in [6.45, 7) is 34.1. The maximum absolute atomic E-state index is 12.0. The third-order valence-corrected chi connectivity index (χ3v) is 9.34. The molecule has 0 fully saturated rings. The summed E-state index contributed by atoms with van der Waals surface area (Å²) < 4.78 is 16.5. The van der Waals surface area contributed by atoms with Gasteiger partial charge in [0.1, 0.15) is 11.5 Å². The fourth-order valence-corrected chi connectivity index (χ4v) is 7.37. The Balaban J connectivity index is 2.60. The number of thioether (sulfide) groups is 2. The zero-order valence-corrected chi connectivity index (χ0v) is 31.1. The number of ether oxygens (including phenoxy) is 3. The van der Waals surface area contributed by atoms with Gasteiger partial charge < -0.3 is 19.3 Å². The Morgan fingerprint density at radius 2 is 1.05 bits per heavy atom. The molecule has 2 rings (SSSR count). The second kappa shape index (κ2) is 13.2. The number of carbonyl (C=O) groups is 1. The molecule has 1 atom stereocenters. The lowest BCUT2D eigenvalue weighted by Gasteiger charge is -2.33. The Kier molecular flexibility index (Phi) is 11.4. The highest BCUT2D eigenvalue weighted by molar-refractivity contribution is 8.18. The van der Waals surface area contributed by atoms with Gasteiger partial charge in [-0.25, -0.2) is 4.79 Å². The molecule has 2 aromatic carbocycles. The van der Waals surface area contributed by atoms with Crippen molar-refractivity contribution in [3.63, 3.8) is 0 Å². The monoisotopic (exact) mass is 632 g/mol. The Bertz CT molecular complexity index is 1210. The minimum absolute atomic E-state index is 0.189. The van der Waals surface area contributed by atoms with Gasteiger partial charge in [0, 0.05) is 39.0 Å². The minimum Gasteiger partial charge on any atom is -0.507 e. The first kappa shape index (κ1) is 37.2. The number of phenols is 1. The Hall–Kier alpha value is -1.99. The van der Waals surface area contributed by atoms with E-state index in [4.69, 9.17) is 14.2 Å². The van der Waals surface area contributed by atoms with Crippen LogP contribution in [0, 0.1) is 0 Å². The average molecular weight is 633 g/mol. The van der Waals surface area contributed by atoms with Crippen molar-refractivity contribution in [3.8, 4) is 11.5 Å². The van der Waals surface area contributed by atoms with Crippen molar-refractivity contribution in [2.75, 3.05) is 6.61 Å². The van der Waals surface area contributed by atoms with Crippen molar-refractivity contribution < 1.29 is 24.1 Å². The van der Waals surface area contributed by atoms with Crippen molar-refractivity contribution in [1.29, 1.82) is 0 Å². The first-order valence-corrected chi connectivity index (χ1v) is 16.8. The third kappa shape index (κ3) is 10.3. The van der Waals surface area contributed by atoms with E-state index in [1.165, 1.54) is 0 Å². The van der Waals surface area contributed by atoms with E-state index in [-0.39, 0.29) is 32.3 Å². The number of aromatic hydroxyl groups is 1. The number of benzene rings is 2. The molecular weight excluding hydrogens is 577 g/mol. The van der Waals surface area contributed by atoms with Gasteiger partial charge >= 0.3 is 6.16 Å². The van der Waals surface area contributed by atoms with Crippen LogP contribution in [0.2, 0.25) is 0 Å². The van der Waals surface area contributed by atoms with Crippen LogP contribution < -0.4 is 4.74 Å². The van der Waals surface area contributed by atoms with E-state index in [1.54, 1.807) is 13.8 Å². The Labute approximate surface area is 270 Å². The highest BCUT2D eigenvalue weighted by Gasteiger charge is 2.33. The van der Waals surface area contributed by atoms with Crippen LogP contribution >= 0.6 is 23.5 Å². The van der Waals surface area contributed by atoms with Gasteiger partial charge in [0.15, 0.2) is 0 Å². The fourth-order valence-electron chi connectivity index (χ4n) is 4.78. The first-order chi connectivity index (χ1) is 19.3. The van der Waals surface area contributed by atoms with Crippen LogP contribution in [0.25, 0.3) is 0 Å². The quantitative estimate of drug-likeness (QED) is 0.176. The van der Waals surface area contributed by atoms with Crippen molar-refractivity contribution in [2.45, 2.75) is 153 Å². The zero-order chi connectivity index (χ0) is 33.3. The normalized spacial score (nSPS) is 14.0. The molecule has 0 radical (unpaired) electrons. The lowest BCUT2D eigenvalue weighted by atomic mass is 9.79. The average Bonchev–Trinajstić information content (AvgIpc) is 2.77. The van der Waals surface area contributed by atoms with Gasteiger partial charge in [-0.3, -0.25) is 0 Å². The molecule has 1 N–H and O–H groups in total. The predicted molar refractivity (Wildman–Crippen MR) is 183 cm³/mol. The molecule has 5 nitrogen and oxygen atoms in total. The second-order valence-electron chi connectivity index (χ2n) is 15.8. The SMILES string of the molecule is CCOC(=O)OC(C)Oc1c(C(C)(C)C)cc(SC(C)(C)Sc2cc(C(C)(C)C)c(O)c(C(C)(C)C)c2)cc1C(C)(C)C. The van der Waals surface area contributed by atoms with Crippen molar-refractivity contribution in [2.24, 2.45) is 0 Å². The van der Waals surface area contributed by atoms with Gasteiger partial charge in [-0.15, -0.1) is 23.5 Å². The number of carbonyl (C=O) groups excluding carboxylic acids is 1. The Morgan fingerprint density at radius 3 is 1.37 bits per heavy atom. The molecule has 0 aromatic heterocycles. The van der Waals surface area contributed by atoms with Gasteiger partial charge in [-0.1, -0.05) is 83.1 Å². The van der Waals surface area contributed by atoms with Crippen LogP contribution in [0.1, 0.15) is 133 Å². The maximum atomic E-state index is 12.0. The van der Waals surface area contributed by atoms with E-state index in [2.05, 4.69) is 121 Å². The highest BCUT2D eigenvalue weighted by atomic mass is 32.2. The molecule has 0 saturated heterocycles. The van der Waals surface area contributed by atoms with Crippen LogP contribution in [0.4, 0.5) is 4.79 Å². The molecule has 0 saturated carbocycles. The molecule has 242 valence electrons. The van der Waals surface area contributed by atoms with Crippen LogP contribution in [0.5, 0.6) is 11.5 Å². The molecule has 0 amide bonds. The van der Waals surface area contributed by atoms with E-state index >= 15 is 0 Å². The molecule has 0 aliphatic heterocycles. The topological polar surface area (TPSA) is 65.0 Å². The van der Waals surface area contributed by atoms with Crippen molar-refractivity contribution >= 4 is 29.7 Å². The van der Waals surface area contributed by atoms with Gasteiger partial charge in [0.05, 0.1) is 10.7 Å². The molecule has 1 unspecified atom stereocenters. The molecule has 0 aliphatic carbocycles. The summed E-state index contributed by atoms with van der Waals surface area (Å²) >= 11 is 3.63. The van der Waals surface area contributed by atoms with Crippen LogP contribution in [-0.4, -0.2) is 28.2 Å². The fraction of sp³-hybridized carbons (Fsp3) is 0.639. The van der Waals surface area contributed by atoms with E-state index in [0.29, 0.717) is 5.75 Å². The van der Waals surface area contributed by atoms with E-state index in [1.807, 2.05) is 23.5 Å². The summed E-state index contributed by atoms with van der Waals surface area (Å²) in [6.07, 6.45) is -1.55. The second-order valence-corrected chi connectivity index (χ2v) is 19.5. The minimum atomic E-state index is -0.810. The van der Waals surface area contributed by atoms with Gasteiger partial charge in [-0.05, 0) is 66.7 Å². The molecular formula is C36H56O5S2. The van der Waals surface area contributed by atoms with Gasteiger partial charge in [-0.2, -0.15) is 0 Å². The molecule has 0 spiro atoms. The van der Waals surface area contributed by atoms with Crippen molar-refractivity contribution in [3.05, 3.63) is 46.5 Å². The molecule has 43 heavy (non-hydrogen) atoms. The molecule has 0 heterocycles. The molecule has 2 aromatic rings. The van der Waals surface area contributed by atoms with E-state index in [0.717, 1.165) is 37.8 Å². The number of hydrogen-bond donors (Lipinski definition) is 1. The Morgan fingerprint density at radius 1 is 0.698 bits per heavy atom. The predicted octanol–water partition coefficient (Wildman–Crippen LogP) is 11.1.